The van der Waals surface area contributed by atoms with E-state index in [2.05, 4.69) is 5.10 Å². The van der Waals surface area contributed by atoms with Crippen LogP contribution in [0.15, 0.2) is 52.5 Å². The molecule has 2 aromatic rings. The zero-order valence-electron chi connectivity index (χ0n) is 12.3. The molecule has 2 aromatic carbocycles. The quantitative estimate of drug-likeness (QED) is 0.444. The van der Waals surface area contributed by atoms with Crippen molar-refractivity contribution < 1.29 is 23.4 Å². The van der Waals surface area contributed by atoms with Gasteiger partial charge in [-0.05, 0) is 18.2 Å². The summed E-state index contributed by atoms with van der Waals surface area (Å²) in [5.74, 6) is -0.330. The van der Waals surface area contributed by atoms with Crippen LogP contribution < -0.4 is 4.83 Å². The number of nitrogens with one attached hydrogen (secondary N) is 1. The molecule has 0 radical (unpaired) electrons. The van der Waals surface area contributed by atoms with Crippen LogP contribution in [0.3, 0.4) is 0 Å². The van der Waals surface area contributed by atoms with Crippen molar-refractivity contribution >= 4 is 27.6 Å². The molecule has 0 atom stereocenters. The van der Waals surface area contributed by atoms with E-state index < -0.39 is 19.9 Å². The minimum absolute atomic E-state index is 0.0689. The van der Waals surface area contributed by atoms with Gasteiger partial charge in [-0.1, -0.05) is 0 Å². The van der Waals surface area contributed by atoms with Crippen molar-refractivity contribution in [1.29, 1.82) is 0 Å². The fourth-order valence-corrected chi connectivity index (χ4v) is 2.52. The van der Waals surface area contributed by atoms with Crippen LogP contribution in [0.5, 0.6) is 5.75 Å². The van der Waals surface area contributed by atoms with Crippen LogP contribution in [-0.2, 0) is 10.0 Å². The van der Waals surface area contributed by atoms with E-state index in [1.54, 1.807) is 0 Å². The molecule has 0 aliphatic rings. The van der Waals surface area contributed by atoms with Gasteiger partial charge in [-0.3, -0.25) is 20.2 Å². The van der Waals surface area contributed by atoms with Crippen molar-refractivity contribution in [3.8, 4) is 5.75 Å². The van der Waals surface area contributed by atoms with E-state index in [-0.39, 0.29) is 27.6 Å². The number of nitrogens with zero attached hydrogens (tertiary/aromatic N) is 3. The molecule has 2 N–H and O–H groups in total. The lowest BCUT2D eigenvalue weighted by molar-refractivity contribution is -0.385. The van der Waals surface area contributed by atoms with Crippen molar-refractivity contribution in [1.82, 2.24) is 4.83 Å². The number of sulfonamides is 1. The normalized spacial score (nSPS) is 11.4. The lowest BCUT2D eigenvalue weighted by Crippen LogP contribution is -2.18. The number of non-ortho nitro benzene ring substituents is 2. The summed E-state index contributed by atoms with van der Waals surface area (Å²) in [6, 6.07) is 7.26. The van der Waals surface area contributed by atoms with Gasteiger partial charge in [0.1, 0.15) is 5.75 Å². The number of hydrogen-bond acceptors (Lipinski definition) is 8. The molecule has 0 spiro atoms. The first-order chi connectivity index (χ1) is 11.7. The Morgan fingerprint density at radius 1 is 1.00 bits per heavy atom. The molecule has 0 fully saturated rings. The molecule has 25 heavy (non-hydrogen) atoms. The van der Waals surface area contributed by atoms with E-state index in [1.165, 1.54) is 0 Å². The van der Waals surface area contributed by atoms with Gasteiger partial charge in [-0.2, -0.15) is 13.5 Å². The Labute approximate surface area is 140 Å². The average Bonchev–Trinajstić information content (AvgIpc) is 2.56. The first kappa shape index (κ1) is 17.8. The number of benzene rings is 2. The summed E-state index contributed by atoms with van der Waals surface area (Å²) in [4.78, 5) is 21.4. The van der Waals surface area contributed by atoms with Gasteiger partial charge in [-0.25, -0.2) is 4.83 Å². The zero-order chi connectivity index (χ0) is 18.6. The van der Waals surface area contributed by atoms with E-state index >= 15 is 0 Å². The van der Waals surface area contributed by atoms with Crippen LogP contribution in [0.1, 0.15) is 5.56 Å². The number of rotatable bonds is 6. The zero-order valence-corrected chi connectivity index (χ0v) is 13.1. The van der Waals surface area contributed by atoms with Gasteiger partial charge in [0.25, 0.3) is 21.4 Å². The van der Waals surface area contributed by atoms with Crippen LogP contribution in [0.25, 0.3) is 0 Å². The van der Waals surface area contributed by atoms with Crippen LogP contribution in [0, 0.1) is 20.2 Å². The third-order valence-corrected chi connectivity index (χ3v) is 4.19. The average molecular weight is 366 g/mol. The maximum Gasteiger partial charge on any atom is 0.276 e. The number of nitro benzene ring substituents is 2. The third kappa shape index (κ3) is 4.26. The second-order valence-electron chi connectivity index (χ2n) is 4.60. The minimum Gasteiger partial charge on any atom is -0.507 e. The molecule has 0 saturated carbocycles. The first-order valence-electron chi connectivity index (χ1n) is 6.47. The third-order valence-electron chi connectivity index (χ3n) is 2.96. The van der Waals surface area contributed by atoms with Crippen molar-refractivity contribution in [2.45, 2.75) is 4.90 Å². The maximum absolute atomic E-state index is 12.0. The molecule has 0 bridgehead atoms. The fraction of sp³-hybridized carbons (Fsp3) is 0. The van der Waals surface area contributed by atoms with Gasteiger partial charge in [0.15, 0.2) is 0 Å². The second kappa shape index (κ2) is 6.92. The Morgan fingerprint density at radius 3 is 2.12 bits per heavy atom. The summed E-state index contributed by atoms with van der Waals surface area (Å²) in [6.07, 6.45) is 0.894. The van der Waals surface area contributed by atoms with Gasteiger partial charge in [0.05, 0.1) is 21.0 Å². The molecule has 12 heteroatoms. The van der Waals surface area contributed by atoms with Crippen LogP contribution in [0.4, 0.5) is 11.4 Å². The van der Waals surface area contributed by atoms with E-state index in [4.69, 9.17) is 0 Å². The molecule has 0 aliphatic heterocycles. The Bertz CT molecular complexity index is 955. The number of hydrogen-bond donors (Lipinski definition) is 2. The summed E-state index contributed by atoms with van der Waals surface area (Å²) in [5.41, 5.74) is -0.651. The summed E-state index contributed by atoms with van der Waals surface area (Å²) in [6.45, 7) is 0. The number of phenols is 1. The second-order valence-corrected chi connectivity index (χ2v) is 6.27. The van der Waals surface area contributed by atoms with Crippen molar-refractivity contribution in [3.63, 3.8) is 0 Å². The summed E-state index contributed by atoms with van der Waals surface area (Å²) < 4.78 is 24.0. The van der Waals surface area contributed by atoms with Gasteiger partial charge in [0.2, 0.25) is 0 Å². The van der Waals surface area contributed by atoms with E-state index in [9.17, 15) is 33.8 Å². The van der Waals surface area contributed by atoms with Gasteiger partial charge >= 0.3 is 0 Å². The van der Waals surface area contributed by atoms with Crippen molar-refractivity contribution in [2.24, 2.45) is 5.10 Å². The smallest absolute Gasteiger partial charge is 0.276 e. The molecule has 0 saturated heterocycles. The standard InChI is InChI=1S/C13H10N4O7S/c18-13-6-3-11(17(21)22)7-9(13)8-14-15-25(23,24)12-4-1-10(2-5-12)16(19)20/h1-8,15,18H/b14-8+. The molecule has 130 valence electrons. The molecule has 11 nitrogen and oxygen atoms in total. The maximum atomic E-state index is 12.0. The minimum atomic E-state index is -4.10. The summed E-state index contributed by atoms with van der Waals surface area (Å²) >= 11 is 0. The number of aromatic hydroxyl groups is 1. The molecule has 2 rings (SSSR count). The Morgan fingerprint density at radius 2 is 1.56 bits per heavy atom. The van der Waals surface area contributed by atoms with Gasteiger partial charge in [0, 0.05) is 29.8 Å². The van der Waals surface area contributed by atoms with E-state index in [0.717, 1.165) is 48.7 Å². The number of hydrazone groups is 1. The molecular formula is C13H10N4O7S. The predicted molar refractivity (Wildman–Crippen MR) is 85.8 cm³/mol. The molecule has 0 aromatic heterocycles. The lowest BCUT2D eigenvalue weighted by Gasteiger charge is -2.03. The highest BCUT2D eigenvalue weighted by molar-refractivity contribution is 7.89. The Hall–Kier alpha value is -3.54. The van der Waals surface area contributed by atoms with E-state index in [1.807, 2.05) is 4.83 Å². The van der Waals surface area contributed by atoms with E-state index in [0.29, 0.717) is 0 Å². The van der Waals surface area contributed by atoms with Gasteiger partial charge < -0.3 is 5.11 Å². The molecular weight excluding hydrogens is 356 g/mol. The summed E-state index contributed by atoms with van der Waals surface area (Å²) in [7, 11) is -4.10. The van der Waals surface area contributed by atoms with Crippen LogP contribution in [-0.4, -0.2) is 29.6 Å². The van der Waals surface area contributed by atoms with Crippen molar-refractivity contribution in [2.75, 3.05) is 0 Å². The number of phenolic OH excluding ortho intramolecular Hbond substituents is 1. The topological polar surface area (TPSA) is 165 Å². The lowest BCUT2D eigenvalue weighted by atomic mass is 10.2. The first-order valence-corrected chi connectivity index (χ1v) is 7.96. The molecule has 0 unspecified atom stereocenters. The van der Waals surface area contributed by atoms with Crippen LogP contribution >= 0.6 is 0 Å². The van der Waals surface area contributed by atoms with Gasteiger partial charge in [-0.15, -0.1) is 0 Å². The SMILES string of the molecule is O=[N+]([O-])c1ccc(S(=O)(=O)N/N=C/c2cc([N+](=O)[O-])ccc2O)cc1. The molecule has 0 heterocycles. The van der Waals surface area contributed by atoms with Crippen LogP contribution in [0.2, 0.25) is 0 Å². The fourth-order valence-electron chi connectivity index (χ4n) is 1.72. The molecule has 0 aliphatic carbocycles. The highest BCUT2D eigenvalue weighted by atomic mass is 32.2. The highest BCUT2D eigenvalue weighted by Crippen LogP contribution is 2.21. The highest BCUT2D eigenvalue weighted by Gasteiger charge is 2.15. The Kier molecular flexibility index (Phi) is 4.93. The Balaban J connectivity index is 2.19. The van der Waals surface area contributed by atoms with Crippen molar-refractivity contribution in [3.05, 3.63) is 68.3 Å². The predicted octanol–water partition coefficient (Wildman–Crippen LogP) is 1.52. The summed E-state index contributed by atoms with van der Waals surface area (Å²) in [5, 5.41) is 34.2. The molecule has 0 amide bonds. The number of nitro groups is 2. The monoisotopic (exact) mass is 366 g/mol. The largest absolute Gasteiger partial charge is 0.507 e.